The minimum atomic E-state index is -4.21. The molecular formula is C9H16ClF3N2OS. The summed E-state index contributed by atoms with van der Waals surface area (Å²) in [5.41, 5.74) is -4.21. The topological polar surface area (TPSA) is 41.1 Å². The summed E-state index contributed by atoms with van der Waals surface area (Å²) in [6.07, 6.45) is 1.75. The molecular weight excluding hydrogens is 277 g/mol. The third-order valence-corrected chi connectivity index (χ3v) is 3.07. The number of alkyl halides is 3. The highest BCUT2D eigenvalue weighted by Crippen LogP contribution is 2.29. The Morgan fingerprint density at radius 2 is 2.18 bits per heavy atom. The van der Waals surface area contributed by atoms with Crippen LogP contribution in [0, 0.1) is 5.92 Å². The van der Waals surface area contributed by atoms with E-state index in [0.29, 0.717) is 6.54 Å². The SMILES string of the molecule is Cl.O=C(NCCSC(F)(F)F)[C@@H]1CCCNC1. The molecule has 0 aromatic heterocycles. The minimum Gasteiger partial charge on any atom is -0.355 e. The number of thioether (sulfide) groups is 1. The van der Waals surface area contributed by atoms with E-state index < -0.39 is 5.51 Å². The van der Waals surface area contributed by atoms with E-state index in [2.05, 4.69) is 10.6 Å². The van der Waals surface area contributed by atoms with Gasteiger partial charge in [0, 0.05) is 18.8 Å². The number of amides is 1. The van der Waals surface area contributed by atoms with Gasteiger partial charge in [0.2, 0.25) is 5.91 Å². The van der Waals surface area contributed by atoms with Gasteiger partial charge in [0.1, 0.15) is 0 Å². The number of hydrogen-bond acceptors (Lipinski definition) is 3. The molecule has 0 unspecified atom stereocenters. The molecule has 3 nitrogen and oxygen atoms in total. The van der Waals surface area contributed by atoms with Crippen molar-refractivity contribution in [2.24, 2.45) is 5.92 Å². The third kappa shape index (κ3) is 7.72. The lowest BCUT2D eigenvalue weighted by atomic mass is 9.99. The lowest BCUT2D eigenvalue weighted by molar-refractivity contribution is -0.125. The number of carbonyl (C=O) groups excluding carboxylic acids is 1. The maximum atomic E-state index is 11.8. The van der Waals surface area contributed by atoms with Gasteiger partial charge in [-0.1, -0.05) is 0 Å². The molecule has 1 rings (SSSR count). The Kier molecular flexibility index (Phi) is 7.98. The molecule has 17 heavy (non-hydrogen) atoms. The highest BCUT2D eigenvalue weighted by molar-refractivity contribution is 8.00. The Hall–Kier alpha value is -0.140. The van der Waals surface area contributed by atoms with Crippen LogP contribution in [-0.4, -0.2) is 36.8 Å². The van der Waals surface area contributed by atoms with E-state index in [4.69, 9.17) is 0 Å². The monoisotopic (exact) mass is 292 g/mol. The van der Waals surface area contributed by atoms with Crippen molar-refractivity contribution < 1.29 is 18.0 Å². The molecule has 0 aromatic rings. The van der Waals surface area contributed by atoms with Gasteiger partial charge in [0.15, 0.2) is 0 Å². The summed E-state index contributed by atoms with van der Waals surface area (Å²) in [7, 11) is 0. The fourth-order valence-corrected chi connectivity index (χ4v) is 2.00. The molecule has 0 bridgehead atoms. The van der Waals surface area contributed by atoms with Crippen LogP contribution in [-0.2, 0) is 4.79 Å². The van der Waals surface area contributed by atoms with E-state index in [-0.39, 0.29) is 48.3 Å². The molecule has 102 valence electrons. The molecule has 1 saturated heterocycles. The van der Waals surface area contributed by atoms with E-state index in [9.17, 15) is 18.0 Å². The Bertz CT molecular complexity index is 235. The minimum absolute atomic E-state index is 0. The smallest absolute Gasteiger partial charge is 0.355 e. The first-order valence-corrected chi connectivity index (χ1v) is 6.17. The zero-order valence-corrected chi connectivity index (χ0v) is 10.8. The summed E-state index contributed by atoms with van der Waals surface area (Å²) in [4.78, 5) is 11.5. The van der Waals surface area contributed by atoms with Gasteiger partial charge in [0.25, 0.3) is 0 Å². The van der Waals surface area contributed by atoms with Gasteiger partial charge in [-0.3, -0.25) is 4.79 Å². The average Bonchev–Trinajstić information content (AvgIpc) is 2.24. The van der Waals surface area contributed by atoms with E-state index >= 15 is 0 Å². The molecule has 8 heteroatoms. The first kappa shape index (κ1) is 16.9. The van der Waals surface area contributed by atoms with Crippen molar-refractivity contribution in [1.29, 1.82) is 0 Å². The normalized spacial score (nSPS) is 20.5. The first-order chi connectivity index (χ1) is 7.49. The number of hydrogen-bond donors (Lipinski definition) is 2. The summed E-state index contributed by atoms with van der Waals surface area (Å²) >= 11 is -0.108. The molecule has 1 atom stereocenters. The molecule has 0 spiro atoms. The maximum Gasteiger partial charge on any atom is 0.441 e. The fourth-order valence-electron chi connectivity index (χ4n) is 1.56. The van der Waals surface area contributed by atoms with Crippen LogP contribution in [0.25, 0.3) is 0 Å². The predicted molar refractivity (Wildman–Crippen MR) is 64.4 cm³/mol. The standard InChI is InChI=1S/C9H15F3N2OS.ClH/c10-9(11,12)16-5-4-14-8(15)7-2-1-3-13-6-7;/h7,13H,1-6H2,(H,14,15);1H/t7-;/m1./s1. The van der Waals surface area contributed by atoms with Crippen molar-refractivity contribution in [2.75, 3.05) is 25.4 Å². The summed E-state index contributed by atoms with van der Waals surface area (Å²) in [5, 5.41) is 5.61. The average molecular weight is 293 g/mol. The Labute approximate surface area is 109 Å². The second kappa shape index (κ2) is 8.05. The van der Waals surface area contributed by atoms with Gasteiger partial charge in [0.05, 0.1) is 5.92 Å². The molecule has 2 N–H and O–H groups in total. The van der Waals surface area contributed by atoms with Crippen LogP contribution in [0.4, 0.5) is 13.2 Å². The van der Waals surface area contributed by atoms with Gasteiger partial charge >= 0.3 is 5.51 Å². The molecule has 0 aromatic carbocycles. The van der Waals surface area contributed by atoms with Crippen LogP contribution in [0.15, 0.2) is 0 Å². The number of nitrogens with one attached hydrogen (secondary N) is 2. The predicted octanol–water partition coefficient (Wildman–Crippen LogP) is 1.78. The quantitative estimate of drug-likeness (QED) is 0.776. The van der Waals surface area contributed by atoms with Crippen LogP contribution in [0.5, 0.6) is 0 Å². The van der Waals surface area contributed by atoms with Gasteiger partial charge in [-0.25, -0.2) is 0 Å². The van der Waals surface area contributed by atoms with Crippen molar-refractivity contribution in [1.82, 2.24) is 10.6 Å². The maximum absolute atomic E-state index is 11.8. The van der Waals surface area contributed by atoms with Gasteiger partial charge in [-0.05, 0) is 31.1 Å². The summed E-state index contributed by atoms with van der Waals surface area (Å²) in [6, 6.07) is 0. The van der Waals surface area contributed by atoms with Crippen LogP contribution in [0.1, 0.15) is 12.8 Å². The number of piperidine rings is 1. The Balaban J connectivity index is 0.00000256. The van der Waals surface area contributed by atoms with Crippen molar-refractivity contribution in [3.05, 3.63) is 0 Å². The Morgan fingerprint density at radius 1 is 1.47 bits per heavy atom. The van der Waals surface area contributed by atoms with Crippen molar-refractivity contribution in [3.8, 4) is 0 Å². The fraction of sp³-hybridized carbons (Fsp3) is 0.889. The molecule has 1 amide bonds. The zero-order chi connectivity index (χ0) is 12.0. The largest absolute Gasteiger partial charge is 0.441 e. The first-order valence-electron chi connectivity index (χ1n) is 5.18. The van der Waals surface area contributed by atoms with Gasteiger partial charge < -0.3 is 10.6 Å². The molecule has 1 heterocycles. The van der Waals surface area contributed by atoms with Crippen molar-refractivity contribution >= 4 is 30.1 Å². The lowest BCUT2D eigenvalue weighted by Gasteiger charge is -2.21. The van der Waals surface area contributed by atoms with E-state index in [0.717, 1.165) is 19.4 Å². The van der Waals surface area contributed by atoms with Crippen LogP contribution < -0.4 is 10.6 Å². The van der Waals surface area contributed by atoms with E-state index in [1.165, 1.54) is 0 Å². The van der Waals surface area contributed by atoms with E-state index in [1.807, 2.05) is 0 Å². The molecule has 1 fully saturated rings. The Morgan fingerprint density at radius 3 is 2.71 bits per heavy atom. The number of halogens is 4. The zero-order valence-electron chi connectivity index (χ0n) is 9.18. The summed E-state index contributed by atoms with van der Waals surface area (Å²) in [5.74, 6) is -0.366. The van der Waals surface area contributed by atoms with Crippen molar-refractivity contribution in [3.63, 3.8) is 0 Å². The number of carbonyl (C=O) groups is 1. The summed E-state index contributed by atoms with van der Waals surface area (Å²) < 4.78 is 35.3. The summed E-state index contributed by atoms with van der Waals surface area (Å²) in [6.45, 7) is 1.60. The van der Waals surface area contributed by atoms with Gasteiger partial charge in [-0.15, -0.1) is 12.4 Å². The van der Waals surface area contributed by atoms with Crippen molar-refractivity contribution in [2.45, 2.75) is 18.3 Å². The van der Waals surface area contributed by atoms with E-state index in [1.54, 1.807) is 0 Å². The van der Waals surface area contributed by atoms with Crippen LogP contribution in [0.2, 0.25) is 0 Å². The second-order valence-electron chi connectivity index (χ2n) is 3.63. The molecule has 0 radical (unpaired) electrons. The highest BCUT2D eigenvalue weighted by Gasteiger charge is 2.27. The number of rotatable bonds is 4. The molecule has 1 aliphatic rings. The highest BCUT2D eigenvalue weighted by atomic mass is 35.5. The molecule has 0 aliphatic carbocycles. The molecule has 1 aliphatic heterocycles. The molecule has 0 saturated carbocycles. The van der Waals surface area contributed by atoms with Crippen LogP contribution >= 0.6 is 24.2 Å². The van der Waals surface area contributed by atoms with Crippen LogP contribution in [0.3, 0.4) is 0 Å². The lowest BCUT2D eigenvalue weighted by Crippen LogP contribution is -2.41. The van der Waals surface area contributed by atoms with Gasteiger partial charge in [-0.2, -0.15) is 13.2 Å². The third-order valence-electron chi connectivity index (χ3n) is 2.33. The second-order valence-corrected chi connectivity index (χ2v) is 4.79.